The second-order valence-electron chi connectivity index (χ2n) is 4.23. The van der Waals surface area contributed by atoms with Gasteiger partial charge in [0.05, 0.1) is 6.04 Å². The van der Waals surface area contributed by atoms with Gasteiger partial charge in [0.15, 0.2) is 0 Å². The maximum atomic E-state index is 11.8. The predicted molar refractivity (Wildman–Crippen MR) is 55.0 cm³/mol. The Hall–Kier alpha value is -1.10. The van der Waals surface area contributed by atoms with Crippen molar-refractivity contribution in [2.75, 3.05) is 13.1 Å². The number of nitrogens with zero attached hydrogens (tertiary/aromatic N) is 1. The normalized spacial score (nSPS) is 32.7. The molecule has 2 aliphatic rings. The van der Waals surface area contributed by atoms with Gasteiger partial charge in [-0.1, -0.05) is 0 Å². The summed E-state index contributed by atoms with van der Waals surface area (Å²) in [5.74, 6) is -0.0907. The zero-order valence-electron chi connectivity index (χ0n) is 8.74. The topological polar surface area (TPSA) is 75.4 Å². The minimum absolute atomic E-state index is 0.0244. The summed E-state index contributed by atoms with van der Waals surface area (Å²) < 4.78 is 0. The number of amides is 2. The van der Waals surface area contributed by atoms with Gasteiger partial charge < -0.3 is 16.0 Å². The number of carbonyl (C=O) groups excluding carboxylic acids is 2. The average molecular weight is 211 g/mol. The van der Waals surface area contributed by atoms with Crippen LogP contribution >= 0.6 is 0 Å². The molecule has 2 aliphatic heterocycles. The van der Waals surface area contributed by atoms with Crippen LogP contribution < -0.4 is 11.1 Å². The molecule has 2 heterocycles. The van der Waals surface area contributed by atoms with Crippen LogP contribution in [-0.2, 0) is 9.59 Å². The van der Waals surface area contributed by atoms with Gasteiger partial charge in [0, 0.05) is 13.1 Å². The molecule has 2 saturated heterocycles. The van der Waals surface area contributed by atoms with E-state index in [1.54, 1.807) is 4.90 Å². The molecule has 2 unspecified atom stereocenters. The van der Waals surface area contributed by atoms with Crippen molar-refractivity contribution in [3.05, 3.63) is 0 Å². The largest absolute Gasteiger partial charge is 0.354 e. The Morgan fingerprint density at radius 1 is 1.27 bits per heavy atom. The monoisotopic (exact) mass is 211 g/mol. The third-order valence-electron chi connectivity index (χ3n) is 3.15. The SMILES string of the molecule is NC1CCCN(C2CCCNC2=O)C1=O. The highest BCUT2D eigenvalue weighted by atomic mass is 16.2. The molecule has 0 aromatic heterocycles. The van der Waals surface area contributed by atoms with Gasteiger partial charge in [-0.2, -0.15) is 0 Å². The van der Waals surface area contributed by atoms with Crippen LogP contribution in [0.5, 0.6) is 0 Å². The molecule has 2 fully saturated rings. The molecule has 0 radical (unpaired) electrons. The van der Waals surface area contributed by atoms with E-state index < -0.39 is 6.04 Å². The molecular weight excluding hydrogens is 194 g/mol. The number of hydrogen-bond donors (Lipinski definition) is 2. The first-order valence-electron chi connectivity index (χ1n) is 5.54. The second-order valence-corrected chi connectivity index (χ2v) is 4.23. The Morgan fingerprint density at radius 3 is 2.80 bits per heavy atom. The van der Waals surface area contributed by atoms with Crippen molar-refractivity contribution in [3.8, 4) is 0 Å². The highest BCUT2D eigenvalue weighted by Crippen LogP contribution is 2.18. The first-order chi connectivity index (χ1) is 7.20. The molecule has 5 nitrogen and oxygen atoms in total. The van der Waals surface area contributed by atoms with Gasteiger partial charge in [-0.15, -0.1) is 0 Å². The molecule has 0 aromatic carbocycles. The van der Waals surface area contributed by atoms with Crippen LogP contribution in [0.15, 0.2) is 0 Å². The zero-order chi connectivity index (χ0) is 10.8. The molecule has 2 atom stereocenters. The zero-order valence-corrected chi connectivity index (χ0v) is 8.74. The first kappa shape index (κ1) is 10.4. The van der Waals surface area contributed by atoms with E-state index in [9.17, 15) is 9.59 Å². The lowest BCUT2D eigenvalue weighted by Crippen LogP contribution is -2.58. The molecule has 84 valence electrons. The number of nitrogens with two attached hydrogens (primary N) is 1. The molecule has 2 amide bonds. The van der Waals surface area contributed by atoms with Crippen LogP contribution in [0.2, 0.25) is 0 Å². The summed E-state index contributed by atoms with van der Waals surface area (Å²) >= 11 is 0. The lowest BCUT2D eigenvalue weighted by molar-refractivity contribution is -0.144. The van der Waals surface area contributed by atoms with E-state index in [1.165, 1.54) is 0 Å². The number of carbonyl (C=O) groups is 2. The van der Waals surface area contributed by atoms with E-state index in [1.807, 2.05) is 0 Å². The lowest BCUT2D eigenvalue weighted by atomic mass is 9.99. The second kappa shape index (κ2) is 4.18. The predicted octanol–water partition coefficient (Wildman–Crippen LogP) is -0.785. The lowest BCUT2D eigenvalue weighted by Gasteiger charge is -2.37. The Bertz CT molecular complexity index is 280. The first-order valence-corrected chi connectivity index (χ1v) is 5.54. The number of likely N-dealkylation sites (tertiary alicyclic amines) is 1. The van der Waals surface area contributed by atoms with Crippen molar-refractivity contribution in [2.45, 2.75) is 37.8 Å². The maximum absolute atomic E-state index is 11.8. The Kier molecular flexibility index (Phi) is 2.90. The molecule has 15 heavy (non-hydrogen) atoms. The van der Waals surface area contributed by atoms with Gasteiger partial charge in [-0.3, -0.25) is 9.59 Å². The minimum Gasteiger partial charge on any atom is -0.354 e. The average Bonchev–Trinajstić information content (AvgIpc) is 2.23. The summed E-state index contributed by atoms with van der Waals surface area (Å²) in [7, 11) is 0. The van der Waals surface area contributed by atoms with Crippen molar-refractivity contribution in [2.24, 2.45) is 5.73 Å². The van der Waals surface area contributed by atoms with Gasteiger partial charge in [-0.25, -0.2) is 0 Å². The van der Waals surface area contributed by atoms with E-state index in [4.69, 9.17) is 5.73 Å². The number of nitrogens with one attached hydrogen (secondary N) is 1. The number of piperidine rings is 2. The Balaban J connectivity index is 2.07. The van der Waals surface area contributed by atoms with Crippen molar-refractivity contribution in [1.82, 2.24) is 10.2 Å². The molecule has 0 saturated carbocycles. The summed E-state index contributed by atoms with van der Waals surface area (Å²) in [5.41, 5.74) is 5.70. The highest BCUT2D eigenvalue weighted by molar-refractivity contribution is 5.90. The standard InChI is InChI=1S/C10H17N3O2/c11-7-3-2-6-13(10(7)15)8-4-1-5-12-9(8)14/h7-8H,1-6,11H2,(H,12,14). The molecule has 5 heteroatoms. The summed E-state index contributed by atoms with van der Waals surface area (Å²) in [6, 6.07) is -0.689. The number of hydrogen-bond acceptors (Lipinski definition) is 3. The summed E-state index contributed by atoms with van der Waals surface area (Å²) in [6.45, 7) is 1.40. The van der Waals surface area contributed by atoms with Crippen molar-refractivity contribution >= 4 is 11.8 Å². The molecular formula is C10H17N3O2. The van der Waals surface area contributed by atoms with Gasteiger partial charge in [-0.05, 0) is 25.7 Å². The van der Waals surface area contributed by atoms with E-state index in [0.29, 0.717) is 6.54 Å². The fourth-order valence-corrected chi connectivity index (χ4v) is 2.29. The van der Waals surface area contributed by atoms with Gasteiger partial charge >= 0.3 is 0 Å². The van der Waals surface area contributed by atoms with E-state index in [-0.39, 0.29) is 17.9 Å². The van der Waals surface area contributed by atoms with Crippen molar-refractivity contribution in [3.63, 3.8) is 0 Å². The third kappa shape index (κ3) is 1.97. The van der Waals surface area contributed by atoms with Gasteiger partial charge in [0.1, 0.15) is 6.04 Å². The fraction of sp³-hybridized carbons (Fsp3) is 0.800. The van der Waals surface area contributed by atoms with Crippen LogP contribution in [-0.4, -0.2) is 41.9 Å². The highest BCUT2D eigenvalue weighted by Gasteiger charge is 2.35. The minimum atomic E-state index is -0.409. The molecule has 0 spiro atoms. The Morgan fingerprint density at radius 2 is 2.07 bits per heavy atom. The van der Waals surface area contributed by atoms with Gasteiger partial charge in [0.25, 0.3) is 0 Å². The quantitative estimate of drug-likeness (QED) is 0.597. The Labute approximate surface area is 89.0 Å². The van der Waals surface area contributed by atoms with Crippen LogP contribution in [0, 0.1) is 0 Å². The van der Waals surface area contributed by atoms with Crippen LogP contribution in [0.1, 0.15) is 25.7 Å². The summed E-state index contributed by atoms with van der Waals surface area (Å²) in [6.07, 6.45) is 3.35. The molecule has 0 aromatic rings. The summed E-state index contributed by atoms with van der Waals surface area (Å²) in [5, 5.41) is 2.79. The van der Waals surface area contributed by atoms with Crippen LogP contribution in [0.4, 0.5) is 0 Å². The van der Waals surface area contributed by atoms with Crippen molar-refractivity contribution in [1.29, 1.82) is 0 Å². The van der Waals surface area contributed by atoms with Crippen LogP contribution in [0.25, 0.3) is 0 Å². The van der Waals surface area contributed by atoms with E-state index >= 15 is 0 Å². The van der Waals surface area contributed by atoms with Gasteiger partial charge in [0.2, 0.25) is 11.8 Å². The third-order valence-corrected chi connectivity index (χ3v) is 3.15. The smallest absolute Gasteiger partial charge is 0.242 e. The molecule has 3 N–H and O–H groups in total. The maximum Gasteiger partial charge on any atom is 0.242 e. The molecule has 0 aliphatic carbocycles. The fourth-order valence-electron chi connectivity index (χ4n) is 2.29. The van der Waals surface area contributed by atoms with E-state index in [0.717, 1.165) is 32.2 Å². The summed E-state index contributed by atoms with van der Waals surface area (Å²) in [4.78, 5) is 25.0. The van der Waals surface area contributed by atoms with Crippen molar-refractivity contribution < 1.29 is 9.59 Å². The number of rotatable bonds is 1. The van der Waals surface area contributed by atoms with E-state index in [2.05, 4.69) is 5.32 Å². The van der Waals surface area contributed by atoms with Crippen LogP contribution in [0.3, 0.4) is 0 Å². The molecule has 0 bridgehead atoms. The molecule has 2 rings (SSSR count).